The van der Waals surface area contributed by atoms with Crippen LogP contribution < -0.4 is 5.32 Å². The van der Waals surface area contributed by atoms with E-state index >= 15 is 0 Å². The van der Waals surface area contributed by atoms with Crippen LogP contribution >= 0.6 is 0 Å². The normalized spacial score (nSPS) is 32.5. The van der Waals surface area contributed by atoms with Crippen molar-refractivity contribution in [2.45, 2.75) is 51.0 Å². The van der Waals surface area contributed by atoms with Crippen LogP contribution in [0.2, 0.25) is 0 Å². The van der Waals surface area contributed by atoms with E-state index in [0.29, 0.717) is 24.2 Å². The monoisotopic (exact) mass is 366 g/mol. The first-order chi connectivity index (χ1) is 13.0. The minimum atomic E-state index is -0.958. The van der Waals surface area contributed by atoms with Crippen molar-refractivity contribution in [1.82, 2.24) is 10.3 Å². The molecule has 27 heavy (non-hydrogen) atoms. The highest BCUT2D eigenvalue weighted by Crippen LogP contribution is 2.62. The summed E-state index contributed by atoms with van der Waals surface area (Å²) in [6.07, 6.45) is 8.88. The molecule has 5 atom stereocenters. The lowest BCUT2D eigenvalue weighted by Crippen LogP contribution is -2.53. The number of carboxylic acid groups (broad SMARTS) is 1. The average molecular weight is 366 g/mol. The van der Waals surface area contributed by atoms with Gasteiger partial charge in [0.2, 0.25) is 5.91 Å². The van der Waals surface area contributed by atoms with Crippen LogP contribution in [0.1, 0.15) is 44.1 Å². The Labute approximate surface area is 158 Å². The highest BCUT2D eigenvalue weighted by Gasteiger charge is 2.58. The number of rotatable bonds is 5. The molecule has 1 amide bonds. The minimum absolute atomic E-state index is 0.00774. The van der Waals surface area contributed by atoms with Crippen molar-refractivity contribution in [3.05, 3.63) is 36.0 Å². The molecule has 2 aromatic rings. The summed E-state index contributed by atoms with van der Waals surface area (Å²) in [4.78, 5) is 28.4. The van der Waals surface area contributed by atoms with Gasteiger partial charge in [-0.05, 0) is 61.5 Å². The summed E-state index contributed by atoms with van der Waals surface area (Å²) < 4.78 is 0. The van der Waals surface area contributed by atoms with Gasteiger partial charge in [-0.25, -0.2) is 4.79 Å². The maximum atomic E-state index is 13.3. The Hall–Kier alpha value is -2.30. The Bertz CT molecular complexity index is 904. The molecule has 0 saturated heterocycles. The predicted molar refractivity (Wildman–Crippen MR) is 102 cm³/mol. The quantitative estimate of drug-likeness (QED) is 0.757. The zero-order chi connectivity index (χ0) is 18.6. The molecule has 3 fully saturated rings. The number of carbonyl (C=O) groups is 2. The van der Waals surface area contributed by atoms with E-state index in [4.69, 9.17) is 0 Å². The van der Waals surface area contributed by atoms with Crippen molar-refractivity contribution < 1.29 is 14.7 Å². The lowest BCUT2D eigenvalue weighted by atomic mass is 9.61. The van der Waals surface area contributed by atoms with E-state index in [-0.39, 0.29) is 11.3 Å². The number of aromatic amines is 1. The molecule has 1 aromatic heterocycles. The van der Waals surface area contributed by atoms with Crippen LogP contribution in [0.4, 0.5) is 0 Å². The van der Waals surface area contributed by atoms with Crippen molar-refractivity contribution in [3.63, 3.8) is 0 Å². The molecule has 3 aliphatic carbocycles. The van der Waals surface area contributed by atoms with Crippen molar-refractivity contribution in [2.24, 2.45) is 23.2 Å². The number of hydrogen-bond acceptors (Lipinski definition) is 2. The third kappa shape index (κ3) is 2.67. The molecule has 142 valence electrons. The minimum Gasteiger partial charge on any atom is -0.480 e. The lowest BCUT2D eigenvalue weighted by molar-refractivity contribution is -0.146. The maximum absolute atomic E-state index is 13.3. The highest BCUT2D eigenvalue weighted by molar-refractivity contribution is 5.89. The first kappa shape index (κ1) is 16.8. The Morgan fingerprint density at radius 1 is 1.19 bits per heavy atom. The Morgan fingerprint density at radius 3 is 2.85 bits per heavy atom. The number of para-hydroxylation sites is 1. The molecule has 1 heterocycles. The Morgan fingerprint density at radius 2 is 2.00 bits per heavy atom. The van der Waals surface area contributed by atoms with Crippen LogP contribution in [-0.4, -0.2) is 28.0 Å². The van der Waals surface area contributed by atoms with Gasteiger partial charge < -0.3 is 15.4 Å². The molecule has 0 aliphatic heterocycles. The number of carbonyl (C=O) groups excluding carboxylic acids is 1. The molecule has 5 rings (SSSR count). The third-order valence-electron chi connectivity index (χ3n) is 7.45. The van der Waals surface area contributed by atoms with Gasteiger partial charge in [0, 0.05) is 23.5 Å². The third-order valence-corrected chi connectivity index (χ3v) is 7.45. The first-order valence-corrected chi connectivity index (χ1v) is 10.1. The highest BCUT2D eigenvalue weighted by atomic mass is 16.4. The summed E-state index contributed by atoms with van der Waals surface area (Å²) in [5.41, 5.74) is 1.62. The SMILES string of the molecule is O=C(O)[C@@H](Cc1c[nH]c2ccccc12)NC(=O)[C@]12C[C@@H]3CC[C@H]1C[C@@H](C3)C2. The topological polar surface area (TPSA) is 82.2 Å². The molecular weight excluding hydrogens is 340 g/mol. The zero-order valence-corrected chi connectivity index (χ0v) is 15.4. The number of carboxylic acids is 1. The predicted octanol–water partition coefficient (Wildman–Crippen LogP) is 3.50. The van der Waals surface area contributed by atoms with Gasteiger partial charge in [0.1, 0.15) is 6.04 Å². The van der Waals surface area contributed by atoms with Crippen molar-refractivity contribution in [1.29, 1.82) is 0 Å². The Balaban J connectivity index is 1.37. The van der Waals surface area contributed by atoms with Crippen LogP contribution in [0.15, 0.2) is 30.5 Å². The molecule has 3 aliphatic rings. The second kappa shape index (κ2) is 6.11. The molecule has 3 bridgehead atoms. The summed E-state index contributed by atoms with van der Waals surface area (Å²) in [5.74, 6) is 0.806. The molecule has 1 aromatic carbocycles. The molecular formula is C22H26N2O3. The number of aromatic nitrogens is 1. The van der Waals surface area contributed by atoms with E-state index in [0.717, 1.165) is 42.1 Å². The second-order valence-corrected chi connectivity index (χ2v) is 8.97. The number of amides is 1. The molecule has 5 nitrogen and oxygen atoms in total. The molecule has 0 unspecified atom stereocenters. The number of fused-ring (bicyclic) bond motifs is 3. The van der Waals surface area contributed by atoms with Gasteiger partial charge in [-0.1, -0.05) is 24.6 Å². The van der Waals surface area contributed by atoms with E-state index in [1.54, 1.807) is 0 Å². The molecule has 0 radical (unpaired) electrons. The fourth-order valence-corrected chi connectivity index (χ4v) is 6.34. The van der Waals surface area contributed by atoms with Gasteiger partial charge in [0.15, 0.2) is 0 Å². The average Bonchev–Trinajstić information content (AvgIpc) is 3.12. The van der Waals surface area contributed by atoms with Crippen LogP contribution in [0.3, 0.4) is 0 Å². The van der Waals surface area contributed by atoms with E-state index in [1.807, 2.05) is 30.5 Å². The van der Waals surface area contributed by atoms with Crippen LogP contribution in [0.5, 0.6) is 0 Å². The molecule has 3 N–H and O–H groups in total. The van der Waals surface area contributed by atoms with Crippen LogP contribution in [0, 0.1) is 23.2 Å². The van der Waals surface area contributed by atoms with Gasteiger partial charge in [-0.2, -0.15) is 0 Å². The van der Waals surface area contributed by atoms with Gasteiger partial charge in [-0.3, -0.25) is 4.79 Å². The number of nitrogens with one attached hydrogen (secondary N) is 2. The van der Waals surface area contributed by atoms with E-state index in [1.165, 1.54) is 12.8 Å². The zero-order valence-electron chi connectivity index (χ0n) is 15.4. The largest absolute Gasteiger partial charge is 0.480 e. The number of H-pyrrole nitrogens is 1. The van der Waals surface area contributed by atoms with Crippen molar-refractivity contribution >= 4 is 22.8 Å². The Kier molecular flexibility index (Phi) is 3.81. The summed E-state index contributed by atoms with van der Waals surface area (Å²) >= 11 is 0. The van der Waals surface area contributed by atoms with Gasteiger partial charge in [0.25, 0.3) is 0 Å². The molecule has 0 spiro atoms. The van der Waals surface area contributed by atoms with Gasteiger partial charge >= 0.3 is 5.97 Å². The lowest BCUT2D eigenvalue weighted by Gasteiger charge is -2.44. The smallest absolute Gasteiger partial charge is 0.326 e. The first-order valence-electron chi connectivity index (χ1n) is 10.1. The van der Waals surface area contributed by atoms with E-state index in [9.17, 15) is 14.7 Å². The summed E-state index contributed by atoms with van der Waals surface area (Å²) in [7, 11) is 0. The van der Waals surface area contributed by atoms with E-state index in [2.05, 4.69) is 10.3 Å². The maximum Gasteiger partial charge on any atom is 0.326 e. The summed E-state index contributed by atoms with van der Waals surface area (Å²) in [5, 5.41) is 13.7. The second-order valence-electron chi connectivity index (χ2n) is 8.97. The van der Waals surface area contributed by atoms with Crippen molar-refractivity contribution in [2.75, 3.05) is 0 Å². The molecule has 5 heteroatoms. The summed E-state index contributed by atoms with van der Waals surface area (Å²) in [6, 6.07) is 6.98. The van der Waals surface area contributed by atoms with Gasteiger partial charge in [0.05, 0.1) is 5.41 Å². The van der Waals surface area contributed by atoms with Crippen LogP contribution in [0.25, 0.3) is 10.9 Å². The standard InChI is InChI=1S/C22H26N2O3/c25-20(26)19(9-15-12-23-18-4-2-1-3-17(15)18)24-21(27)22-10-13-5-6-16(22)8-14(7-13)11-22/h1-4,12-14,16,19,23H,5-11H2,(H,24,27)(H,25,26)/t13-,14-,16+,19-,22+/m1/s1. The van der Waals surface area contributed by atoms with Crippen molar-refractivity contribution in [3.8, 4) is 0 Å². The van der Waals surface area contributed by atoms with Gasteiger partial charge in [-0.15, -0.1) is 0 Å². The fraction of sp³-hybridized carbons (Fsp3) is 0.545. The fourth-order valence-electron chi connectivity index (χ4n) is 6.34. The number of benzene rings is 1. The number of hydrogen-bond donors (Lipinski definition) is 3. The summed E-state index contributed by atoms with van der Waals surface area (Å²) in [6.45, 7) is 0. The molecule has 3 saturated carbocycles. The van der Waals surface area contributed by atoms with E-state index < -0.39 is 12.0 Å². The van der Waals surface area contributed by atoms with Crippen LogP contribution in [-0.2, 0) is 16.0 Å². The number of aliphatic carboxylic acids is 1.